The molecule has 3 rings (SSSR count). The van der Waals surface area contributed by atoms with Gasteiger partial charge in [0.2, 0.25) is 5.91 Å². The van der Waals surface area contributed by atoms with Gasteiger partial charge in [-0.15, -0.1) is 11.3 Å². The van der Waals surface area contributed by atoms with Gasteiger partial charge in [0.1, 0.15) is 11.7 Å². The average Bonchev–Trinajstić information content (AvgIpc) is 3.21. The first-order chi connectivity index (χ1) is 11.2. The maximum absolute atomic E-state index is 12.4. The molecule has 1 aromatic carbocycles. The van der Waals surface area contributed by atoms with Gasteiger partial charge >= 0.3 is 0 Å². The number of aromatic nitrogens is 1. The van der Waals surface area contributed by atoms with Gasteiger partial charge in [-0.3, -0.25) is 9.59 Å². The second-order valence-electron chi connectivity index (χ2n) is 5.26. The minimum absolute atomic E-state index is 0.0852. The lowest BCUT2D eigenvalue weighted by molar-refractivity contribution is -0.129. The molecule has 1 saturated heterocycles. The van der Waals surface area contributed by atoms with E-state index in [1.54, 1.807) is 27.9 Å². The molecule has 6 nitrogen and oxygen atoms in total. The minimum atomic E-state index is -0.498. The summed E-state index contributed by atoms with van der Waals surface area (Å²) in [5.41, 5.74) is 3.48. The molecule has 0 radical (unpaired) electrons. The monoisotopic (exact) mass is 326 g/mol. The third kappa shape index (κ3) is 3.38. The highest BCUT2D eigenvalue weighted by molar-refractivity contribution is 7.07. The van der Waals surface area contributed by atoms with Crippen LogP contribution in [-0.2, 0) is 11.3 Å². The molecule has 2 amide bonds. The highest BCUT2D eigenvalue weighted by atomic mass is 32.1. The Hall–Kier alpha value is -2.72. The second-order valence-corrected chi connectivity index (χ2v) is 5.98. The van der Waals surface area contributed by atoms with Crippen LogP contribution in [0.15, 0.2) is 35.2 Å². The van der Waals surface area contributed by atoms with Crippen LogP contribution in [0.1, 0.15) is 28.0 Å². The largest absolute Gasteiger partial charge is 0.339 e. The highest BCUT2D eigenvalue weighted by Crippen LogP contribution is 2.16. The summed E-state index contributed by atoms with van der Waals surface area (Å²) in [6.45, 7) is 1.08. The van der Waals surface area contributed by atoms with Crippen LogP contribution >= 0.6 is 11.3 Å². The summed E-state index contributed by atoms with van der Waals surface area (Å²) in [4.78, 5) is 30.0. The number of nitriles is 1. The lowest BCUT2D eigenvalue weighted by Gasteiger charge is -2.17. The zero-order valence-electron chi connectivity index (χ0n) is 12.2. The standard InChI is InChI=1S/C16H14N4O2S/c17-7-11-1-3-12(4-2-11)8-20-6-5-13(16(20)22)19-15(21)14-9-23-10-18-14/h1-4,9-10,13H,5-6,8H2,(H,19,21). The Balaban J connectivity index is 1.60. The van der Waals surface area contributed by atoms with Crippen LogP contribution in [-0.4, -0.2) is 34.3 Å². The van der Waals surface area contributed by atoms with Crippen LogP contribution in [0, 0.1) is 11.3 Å². The predicted octanol–water partition coefficient (Wildman–Crippen LogP) is 1.55. The lowest BCUT2D eigenvalue weighted by Crippen LogP contribution is -2.41. The van der Waals surface area contributed by atoms with Gasteiger partial charge in [0.15, 0.2) is 0 Å². The summed E-state index contributed by atoms with van der Waals surface area (Å²) < 4.78 is 0. The normalized spacial score (nSPS) is 17.1. The Morgan fingerprint density at radius 2 is 2.22 bits per heavy atom. The van der Waals surface area contributed by atoms with Crippen molar-refractivity contribution in [3.05, 3.63) is 52.0 Å². The average molecular weight is 326 g/mol. The highest BCUT2D eigenvalue weighted by Gasteiger charge is 2.33. The van der Waals surface area contributed by atoms with Gasteiger partial charge in [-0.1, -0.05) is 12.1 Å². The molecule has 1 unspecified atom stereocenters. The van der Waals surface area contributed by atoms with Crippen molar-refractivity contribution in [1.82, 2.24) is 15.2 Å². The number of likely N-dealkylation sites (tertiary alicyclic amines) is 1. The smallest absolute Gasteiger partial charge is 0.271 e. The number of amides is 2. The van der Waals surface area contributed by atoms with Crippen molar-refractivity contribution in [3.63, 3.8) is 0 Å². The van der Waals surface area contributed by atoms with E-state index in [1.165, 1.54) is 11.3 Å². The predicted molar refractivity (Wildman–Crippen MR) is 84.6 cm³/mol. The number of thiazole rings is 1. The Bertz CT molecular complexity index is 749. The number of nitrogens with zero attached hydrogens (tertiary/aromatic N) is 3. The van der Waals surface area contributed by atoms with E-state index in [0.29, 0.717) is 30.8 Å². The van der Waals surface area contributed by atoms with Crippen LogP contribution < -0.4 is 5.32 Å². The van der Waals surface area contributed by atoms with Crippen molar-refractivity contribution in [2.45, 2.75) is 19.0 Å². The number of hydrogen-bond donors (Lipinski definition) is 1. The van der Waals surface area contributed by atoms with E-state index in [4.69, 9.17) is 5.26 Å². The van der Waals surface area contributed by atoms with E-state index >= 15 is 0 Å². The molecule has 1 aliphatic heterocycles. The first-order valence-electron chi connectivity index (χ1n) is 7.14. The lowest BCUT2D eigenvalue weighted by atomic mass is 10.1. The van der Waals surface area contributed by atoms with Crippen molar-refractivity contribution in [1.29, 1.82) is 5.26 Å². The summed E-state index contributed by atoms with van der Waals surface area (Å²) in [5, 5.41) is 13.2. The zero-order chi connectivity index (χ0) is 16.2. The third-order valence-electron chi connectivity index (χ3n) is 3.72. The molecular weight excluding hydrogens is 312 g/mol. The van der Waals surface area contributed by atoms with Gasteiger partial charge in [-0.2, -0.15) is 5.26 Å². The number of carbonyl (C=O) groups is 2. The zero-order valence-corrected chi connectivity index (χ0v) is 13.0. The van der Waals surface area contributed by atoms with E-state index in [0.717, 1.165) is 5.56 Å². The molecule has 0 bridgehead atoms. The number of nitrogens with one attached hydrogen (secondary N) is 1. The van der Waals surface area contributed by atoms with Crippen molar-refractivity contribution >= 4 is 23.2 Å². The maximum atomic E-state index is 12.4. The molecule has 116 valence electrons. The molecule has 7 heteroatoms. The van der Waals surface area contributed by atoms with Crippen LogP contribution in [0.5, 0.6) is 0 Å². The Kier molecular flexibility index (Phi) is 4.35. The molecule has 1 atom stereocenters. The fourth-order valence-electron chi connectivity index (χ4n) is 2.49. The maximum Gasteiger partial charge on any atom is 0.271 e. The summed E-state index contributed by atoms with van der Waals surface area (Å²) in [6, 6.07) is 8.72. The Morgan fingerprint density at radius 3 is 2.87 bits per heavy atom. The van der Waals surface area contributed by atoms with Crippen LogP contribution in [0.3, 0.4) is 0 Å². The van der Waals surface area contributed by atoms with E-state index < -0.39 is 6.04 Å². The Morgan fingerprint density at radius 1 is 1.43 bits per heavy atom. The minimum Gasteiger partial charge on any atom is -0.339 e. The Labute approximate surface area is 137 Å². The van der Waals surface area contributed by atoms with Crippen molar-refractivity contribution in [2.24, 2.45) is 0 Å². The summed E-state index contributed by atoms with van der Waals surface area (Å²) in [6.07, 6.45) is 0.588. The molecule has 1 aromatic heterocycles. The number of rotatable bonds is 4. The molecule has 1 aliphatic rings. The van der Waals surface area contributed by atoms with E-state index in [1.807, 2.05) is 12.1 Å². The van der Waals surface area contributed by atoms with Crippen molar-refractivity contribution < 1.29 is 9.59 Å². The van der Waals surface area contributed by atoms with Gasteiger partial charge < -0.3 is 10.2 Å². The summed E-state index contributed by atoms with van der Waals surface area (Å²) in [7, 11) is 0. The third-order valence-corrected chi connectivity index (χ3v) is 4.31. The molecule has 0 saturated carbocycles. The van der Waals surface area contributed by atoms with Crippen LogP contribution in [0.2, 0.25) is 0 Å². The van der Waals surface area contributed by atoms with Gasteiger partial charge in [-0.25, -0.2) is 4.98 Å². The van der Waals surface area contributed by atoms with E-state index in [-0.39, 0.29) is 11.8 Å². The van der Waals surface area contributed by atoms with Gasteiger partial charge in [0, 0.05) is 18.5 Å². The molecule has 0 aliphatic carbocycles. The van der Waals surface area contributed by atoms with Gasteiger partial charge in [0.25, 0.3) is 5.91 Å². The molecule has 23 heavy (non-hydrogen) atoms. The summed E-state index contributed by atoms with van der Waals surface area (Å²) >= 11 is 1.34. The SMILES string of the molecule is N#Cc1ccc(CN2CCC(NC(=O)c3cscn3)C2=O)cc1. The van der Waals surface area contributed by atoms with E-state index in [2.05, 4.69) is 16.4 Å². The van der Waals surface area contributed by atoms with Crippen LogP contribution in [0.25, 0.3) is 0 Å². The van der Waals surface area contributed by atoms with Gasteiger partial charge in [0.05, 0.1) is 17.1 Å². The molecule has 2 heterocycles. The number of carbonyl (C=O) groups excluding carboxylic acids is 2. The summed E-state index contributed by atoms with van der Waals surface area (Å²) in [5.74, 6) is -0.400. The molecular formula is C16H14N4O2S. The molecule has 2 aromatic rings. The topological polar surface area (TPSA) is 86.1 Å². The molecule has 0 spiro atoms. The molecule has 1 N–H and O–H groups in total. The van der Waals surface area contributed by atoms with Crippen LogP contribution in [0.4, 0.5) is 0 Å². The van der Waals surface area contributed by atoms with Crippen molar-refractivity contribution in [2.75, 3.05) is 6.54 Å². The quantitative estimate of drug-likeness (QED) is 0.923. The van der Waals surface area contributed by atoms with Gasteiger partial charge in [-0.05, 0) is 24.1 Å². The van der Waals surface area contributed by atoms with Crippen molar-refractivity contribution in [3.8, 4) is 6.07 Å². The fourth-order valence-corrected chi connectivity index (χ4v) is 3.02. The van der Waals surface area contributed by atoms with E-state index in [9.17, 15) is 9.59 Å². The second kappa shape index (κ2) is 6.58. The first kappa shape index (κ1) is 15.2. The fraction of sp³-hybridized carbons (Fsp3) is 0.250. The number of hydrogen-bond acceptors (Lipinski definition) is 5. The first-order valence-corrected chi connectivity index (χ1v) is 8.08. The number of benzene rings is 1. The molecule has 1 fully saturated rings.